The van der Waals surface area contributed by atoms with Crippen molar-refractivity contribution >= 4 is 23.5 Å². The third kappa shape index (κ3) is 3.56. The topological polar surface area (TPSA) is 101 Å². The minimum Gasteiger partial charge on any atom is -0.480 e. The Morgan fingerprint density at radius 2 is 1.95 bits per heavy atom. The van der Waals surface area contributed by atoms with Crippen molar-refractivity contribution < 1.29 is 19.8 Å². The quantitative estimate of drug-likeness (QED) is 0.639. The smallest absolute Gasteiger partial charge is 0.326 e. The van der Waals surface area contributed by atoms with Crippen LogP contribution in [-0.2, 0) is 4.79 Å². The summed E-state index contributed by atoms with van der Waals surface area (Å²) in [5, 5.41) is 19.2. The van der Waals surface area contributed by atoms with Crippen LogP contribution < -0.4 is 5.73 Å². The van der Waals surface area contributed by atoms with Crippen LogP contribution in [0.5, 0.6) is 0 Å². The van der Waals surface area contributed by atoms with Gasteiger partial charge in [-0.1, -0.05) is 30.3 Å². The number of rotatable bonds is 7. The molecule has 0 aromatic heterocycles. The first kappa shape index (κ1) is 15.7. The maximum atomic E-state index is 12.1. The summed E-state index contributed by atoms with van der Waals surface area (Å²) >= 11 is 1.41. The van der Waals surface area contributed by atoms with Crippen LogP contribution in [0.25, 0.3) is 0 Å². The molecule has 6 heteroatoms. The van der Waals surface area contributed by atoms with Crippen LogP contribution in [0.1, 0.15) is 16.8 Å². The Hall–Kier alpha value is -1.37. The highest BCUT2D eigenvalue weighted by Gasteiger charge is 2.45. The second-order valence-electron chi connectivity index (χ2n) is 4.22. The van der Waals surface area contributed by atoms with Crippen molar-refractivity contribution in [2.45, 2.75) is 18.1 Å². The first-order valence-electron chi connectivity index (χ1n) is 5.72. The number of hydrogen-bond donors (Lipinski definition) is 3. The molecule has 2 atom stereocenters. The van der Waals surface area contributed by atoms with E-state index in [9.17, 15) is 19.8 Å². The average molecular weight is 283 g/mol. The van der Waals surface area contributed by atoms with Gasteiger partial charge in [-0.05, 0) is 18.4 Å². The summed E-state index contributed by atoms with van der Waals surface area (Å²) in [7, 11) is 0. The van der Waals surface area contributed by atoms with Crippen molar-refractivity contribution in [3.63, 3.8) is 0 Å². The van der Waals surface area contributed by atoms with Gasteiger partial charge in [0.1, 0.15) is 11.6 Å². The maximum Gasteiger partial charge on any atom is 0.326 e. The number of carboxylic acid groups (broad SMARTS) is 1. The van der Waals surface area contributed by atoms with E-state index in [1.54, 1.807) is 24.5 Å². The number of Topliss-reactive ketones (excluding diaryl/α,β-unsaturated/α-hetero) is 1. The highest BCUT2D eigenvalue weighted by molar-refractivity contribution is 7.98. The van der Waals surface area contributed by atoms with Crippen LogP contribution in [0.2, 0.25) is 0 Å². The summed E-state index contributed by atoms with van der Waals surface area (Å²) in [6.45, 7) is 0. The second kappa shape index (κ2) is 6.70. The van der Waals surface area contributed by atoms with Gasteiger partial charge < -0.3 is 15.9 Å². The summed E-state index contributed by atoms with van der Waals surface area (Å²) < 4.78 is 0. The number of aliphatic hydroxyl groups excluding tert-OH is 1. The van der Waals surface area contributed by atoms with Crippen LogP contribution in [0.15, 0.2) is 30.3 Å². The number of aliphatic hydroxyl groups is 1. The number of carbonyl (C=O) groups is 2. The van der Waals surface area contributed by atoms with E-state index in [1.165, 1.54) is 23.9 Å². The largest absolute Gasteiger partial charge is 0.480 e. The van der Waals surface area contributed by atoms with Crippen molar-refractivity contribution in [1.29, 1.82) is 0 Å². The lowest BCUT2D eigenvalue weighted by Gasteiger charge is -2.28. The van der Waals surface area contributed by atoms with Gasteiger partial charge in [-0.15, -0.1) is 0 Å². The number of hydrogen-bond acceptors (Lipinski definition) is 5. The Kier molecular flexibility index (Phi) is 5.53. The second-order valence-corrected chi connectivity index (χ2v) is 5.21. The molecule has 104 valence electrons. The van der Waals surface area contributed by atoms with Crippen LogP contribution in [0.3, 0.4) is 0 Å². The molecule has 0 radical (unpaired) electrons. The number of nitrogens with two attached hydrogens (primary N) is 1. The van der Waals surface area contributed by atoms with Gasteiger partial charge >= 0.3 is 5.97 Å². The number of carbonyl (C=O) groups excluding carboxylic acids is 1. The molecule has 0 fully saturated rings. The van der Waals surface area contributed by atoms with Gasteiger partial charge in [-0.25, -0.2) is 0 Å². The van der Waals surface area contributed by atoms with Gasteiger partial charge in [0.25, 0.3) is 0 Å². The van der Waals surface area contributed by atoms with E-state index in [-0.39, 0.29) is 12.0 Å². The van der Waals surface area contributed by atoms with E-state index >= 15 is 0 Å². The lowest BCUT2D eigenvalue weighted by Crippen LogP contribution is -2.60. The Bertz CT molecular complexity index is 451. The molecule has 0 aliphatic carbocycles. The number of carboxylic acids is 1. The molecule has 1 aromatic carbocycles. The number of aliphatic carboxylic acids is 1. The number of thioether (sulfide) groups is 1. The molecule has 4 N–H and O–H groups in total. The van der Waals surface area contributed by atoms with Gasteiger partial charge in [-0.3, -0.25) is 9.59 Å². The average Bonchev–Trinajstić information content (AvgIpc) is 2.43. The Morgan fingerprint density at radius 1 is 1.37 bits per heavy atom. The van der Waals surface area contributed by atoms with E-state index in [1.807, 2.05) is 0 Å². The molecule has 0 aliphatic rings. The summed E-state index contributed by atoms with van der Waals surface area (Å²) in [5.41, 5.74) is 4.01. The summed E-state index contributed by atoms with van der Waals surface area (Å²) in [5.74, 6) is -1.60. The lowest BCUT2D eigenvalue weighted by molar-refractivity contribution is -0.146. The fourth-order valence-electron chi connectivity index (χ4n) is 1.63. The maximum absolute atomic E-state index is 12.1. The Labute approximate surface area is 115 Å². The van der Waals surface area contributed by atoms with Crippen molar-refractivity contribution in [3.05, 3.63) is 35.9 Å². The molecule has 0 aliphatic heterocycles. The molecule has 5 nitrogen and oxygen atoms in total. The zero-order valence-electron chi connectivity index (χ0n) is 10.6. The molecule has 1 rings (SSSR count). The lowest BCUT2D eigenvalue weighted by atomic mass is 9.86. The molecule has 0 amide bonds. The molecular weight excluding hydrogens is 266 g/mol. The fraction of sp³-hybridized carbons (Fsp3) is 0.385. The molecule has 0 heterocycles. The van der Waals surface area contributed by atoms with E-state index in [0.717, 1.165) is 0 Å². The van der Waals surface area contributed by atoms with Crippen LogP contribution in [0, 0.1) is 0 Å². The predicted octanol–water partition coefficient (Wildman–Crippen LogP) is 0.765. The monoisotopic (exact) mass is 283 g/mol. The summed E-state index contributed by atoms with van der Waals surface area (Å²) in [6, 6.07) is 8.04. The third-order valence-electron chi connectivity index (χ3n) is 2.91. The Balaban J connectivity index is 2.97. The first-order chi connectivity index (χ1) is 8.93. The third-order valence-corrected chi connectivity index (χ3v) is 3.53. The van der Waals surface area contributed by atoms with Crippen LogP contribution in [-0.4, -0.2) is 45.6 Å². The molecule has 1 aromatic rings. The highest BCUT2D eigenvalue weighted by Crippen LogP contribution is 2.19. The minimum atomic E-state index is -1.96. The first-order valence-corrected chi connectivity index (χ1v) is 7.11. The van der Waals surface area contributed by atoms with Crippen molar-refractivity contribution in [3.8, 4) is 0 Å². The molecule has 0 saturated carbocycles. The van der Waals surface area contributed by atoms with Gasteiger partial charge in [0, 0.05) is 5.56 Å². The minimum absolute atomic E-state index is 0.0171. The van der Waals surface area contributed by atoms with E-state index in [0.29, 0.717) is 5.75 Å². The van der Waals surface area contributed by atoms with Crippen LogP contribution in [0.4, 0.5) is 0 Å². The molecule has 2 unspecified atom stereocenters. The van der Waals surface area contributed by atoms with E-state index in [2.05, 4.69) is 0 Å². The molecule has 0 saturated heterocycles. The molecule has 0 bridgehead atoms. The van der Waals surface area contributed by atoms with Gasteiger partial charge in [0.15, 0.2) is 5.78 Å². The SMILES string of the molecule is CSCCC(N)(C(=O)O)C(O)C(=O)c1ccccc1. The Morgan fingerprint density at radius 3 is 2.42 bits per heavy atom. The predicted molar refractivity (Wildman–Crippen MR) is 74.3 cm³/mol. The number of ketones is 1. The van der Waals surface area contributed by atoms with Crippen molar-refractivity contribution in [2.75, 3.05) is 12.0 Å². The van der Waals surface area contributed by atoms with Crippen LogP contribution >= 0.6 is 11.8 Å². The molecule has 0 spiro atoms. The van der Waals surface area contributed by atoms with E-state index in [4.69, 9.17) is 5.73 Å². The van der Waals surface area contributed by atoms with E-state index < -0.39 is 23.4 Å². The van der Waals surface area contributed by atoms with Gasteiger partial charge in [0.2, 0.25) is 0 Å². The summed E-state index contributed by atoms with van der Waals surface area (Å²) in [6.07, 6.45) is 0.0521. The van der Waals surface area contributed by atoms with Gasteiger partial charge in [-0.2, -0.15) is 11.8 Å². The number of benzene rings is 1. The normalized spacial score (nSPS) is 15.5. The van der Waals surface area contributed by atoms with Crippen molar-refractivity contribution in [1.82, 2.24) is 0 Å². The van der Waals surface area contributed by atoms with Gasteiger partial charge in [0.05, 0.1) is 0 Å². The summed E-state index contributed by atoms with van der Waals surface area (Å²) in [4.78, 5) is 23.3. The molecular formula is C13H17NO4S. The zero-order chi connectivity index (χ0) is 14.5. The fourth-order valence-corrected chi connectivity index (χ4v) is 2.17. The standard InChI is InChI=1S/C13H17NO4S/c1-19-8-7-13(14,12(17)18)11(16)10(15)9-5-3-2-4-6-9/h2-6,11,16H,7-8,14H2,1H3,(H,17,18). The molecule has 19 heavy (non-hydrogen) atoms. The zero-order valence-corrected chi connectivity index (χ0v) is 11.4. The van der Waals surface area contributed by atoms with Crippen molar-refractivity contribution in [2.24, 2.45) is 5.73 Å². The highest BCUT2D eigenvalue weighted by atomic mass is 32.2.